The van der Waals surface area contributed by atoms with E-state index in [1.54, 1.807) is 0 Å². The van der Waals surface area contributed by atoms with Gasteiger partial charge >= 0.3 is 5.69 Å². The summed E-state index contributed by atoms with van der Waals surface area (Å²) in [5, 5.41) is 17.8. The van der Waals surface area contributed by atoms with Gasteiger partial charge in [0.05, 0.1) is 6.21 Å². The van der Waals surface area contributed by atoms with Crippen LogP contribution in [-0.4, -0.2) is 27.0 Å². The third-order valence-corrected chi connectivity index (χ3v) is 3.40. The minimum atomic E-state index is -0.794. The van der Waals surface area contributed by atoms with Crippen molar-refractivity contribution in [3.05, 3.63) is 98.2 Å². The van der Waals surface area contributed by atoms with E-state index in [9.17, 15) is 14.7 Å². The van der Waals surface area contributed by atoms with Crippen LogP contribution in [0.3, 0.4) is 0 Å². The van der Waals surface area contributed by atoms with Gasteiger partial charge in [0.15, 0.2) is 0 Å². The van der Waals surface area contributed by atoms with Crippen LogP contribution in [0.5, 0.6) is 5.88 Å². The van der Waals surface area contributed by atoms with Crippen molar-refractivity contribution in [1.82, 2.24) is 9.97 Å². The highest BCUT2D eigenvalue weighted by molar-refractivity contribution is 6.12. The molecule has 1 heterocycles. The number of nitrogens with one attached hydrogen (secondary N) is 2. The fourth-order valence-electron chi connectivity index (χ4n) is 2.22. The van der Waals surface area contributed by atoms with Crippen molar-refractivity contribution in [2.24, 2.45) is 10.2 Å². The number of nitrogens with zero attached hydrogens (tertiary/aromatic N) is 2. The molecular formula is C18H14N4O3. The normalized spacial score (nSPS) is 10.7. The van der Waals surface area contributed by atoms with Crippen molar-refractivity contribution in [3.63, 3.8) is 0 Å². The first kappa shape index (κ1) is 16.1. The molecule has 0 unspecified atom stereocenters. The zero-order valence-corrected chi connectivity index (χ0v) is 13.0. The molecule has 3 rings (SSSR count). The zero-order chi connectivity index (χ0) is 17.6. The van der Waals surface area contributed by atoms with E-state index in [4.69, 9.17) is 0 Å². The van der Waals surface area contributed by atoms with Gasteiger partial charge in [0.1, 0.15) is 11.3 Å². The molecule has 0 aliphatic carbocycles. The summed E-state index contributed by atoms with van der Waals surface area (Å²) in [6, 6.07) is 18.9. The number of H-pyrrole nitrogens is 2. The van der Waals surface area contributed by atoms with E-state index < -0.39 is 17.1 Å². The summed E-state index contributed by atoms with van der Waals surface area (Å²) in [6.45, 7) is 0. The molecule has 25 heavy (non-hydrogen) atoms. The summed E-state index contributed by atoms with van der Waals surface area (Å²) in [4.78, 5) is 26.9. The number of benzene rings is 2. The van der Waals surface area contributed by atoms with Crippen molar-refractivity contribution >= 4 is 11.9 Å². The van der Waals surface area contributed by atoms with E-state index in [2.05, 4.69) is 15.2 Å². The summed E-state index contributed by atoms with van der Waals surface area (Å²) in [5.74, 6) is -0.561. The van der Waals surface area contributed by atoms with Crippen LogP contribution in [0.25, 0.3) is 0 Å². The average molecular weight is 334 g/mol. The van der Waals surface area contributed by atoms with Crippen LogP contribution < -0.4 is 11.2 Å². The van der Waals surface area contributed by atoms with Gasteiger partial charge in [-0.15, -0.1) is 5.10 Å². The molecule has 0 atom stereocenters. The van der Waals surface area contributed by atoms with Gasteiger partial charge in [0, 0.05) is 11.1 Å². The first-order valence-electron chi connectivity index (χ1n) is 7.42. The number of hydrogen-bond acceptors (Lipinski definition) is 5. The average Bonchev–Trinajstić information content (AvgIpc) is 2.62. The molecule has 0 saturated heterocycles. The molecule has 1 aromatic heterocycles. The fraction of sp³-hybridized carbons (Fsp3) is 0. The van der Waals surface area contributed by atoms with Gasteiger partial charge in [-0.05, 0) is 0 Å². The predicted molar refractivity (Wildman–Crippen MR) is 95.5 cm³/mol. The number of aromatic amines is 2. The Kier molecular flexibility index (Phi) is 4.66. The van der Waals surface area contributed by atoms with Crippen LogP contribution in [0.15, 0.2) is 80.5 Å². The summed E-state index contributed by atoms with van der Waals surface area (Å²) in [7, 11) is 0. The summed E-state index contributed by atoms with van der Waals surface area (Å²) in [6.07, 6.45) is 1.09. The number of aromatic nitrogens is 2. The lowest BCUT2D eigenvalue weighted by Gasteiger charge is -2.05. The molecule has 0 bridgehead atoms. The second kappa shape index (κ2) is 7.22. The van der Waals surface area contributed by atoms with E-state index in [1.165, 1.54) is 0 Å². The Balaban J connectivity index is 2.03. The summed E-state index contributed by atoms with van der Waals surface area (Å²) >= 11 is 0. The molecule has 3 aromatic rings. The topological polar surface area (TPSA) is 111 Å². The molecule has 3 N–H and O–H groups in total. The van der Waals surface area contributed by atoms with E-state index >= 15 is 0 Å². The zero-order valence-electron chi connectivity index (χ0n) is 13.0. The summed E-state index contributed by atoms with van der Waals surface area (Å²) < 4.78 is 0. The van der Waals surface area contributed by atoms with Crippen LogP contribution >= 0.6 is 0 Å². The molecule has 0 fully saturated rings. The molecule has 0 aliphatic rings. The Morgan fingerprint density at radius 1 is 0.880 bits per heavy atom. The largest absolute Gasteiger partial charge is 0.494 e. The second-order valence-electron chi connectivity index (χ2n) is 5.10. The highest BCUT2D eigenvalue weighted by Gasteiger charge is 2.07. The number of rotatable bonds is 4. The predicted octanol–water partition coefficient (Wildman–Crippen LogP) is 1.64. The van der Waals surface area contributed by atoms with Gasteiger partial charge in [0.25, 0.3) is 5.56 Å². The van der Waals surface area contributed by atoms with E-state index in [-0.39, 0.29) is 5.56 Å². The van der Waals surface area contributed by atoms with Crippen LogP contribution in [0, 0.1) is 0 Å². The Hall–Kier alpha value is -3.74. The van der Waals surface area contributed by atoms with Crippen molar-refractivity contribution < 1.29 is 5.11 Å². The van der Waals surface area contributed by atoms with Gasteiger partial charge < -0.3 is 5.11 Å². The van der Waals surface area contributed by atoms with E-state index in [0.717, 1.165) is 17.3 Å². The lowest BCUT2D eigenvalue weighted by atomic mass is 10.0. The quantitative estimate of drug-likeness (QED) is 0.498. The first-order valence-corrected chi connectivity index (χ1v) is 7.42. The van der Waals surface area contributed by atoms with Gasteiger partial charge in [-0.3, -0.25) is 14.8 Å². The van der Waals surface area contributed by atoms with Crippen molar-refractivity contribution in [2.75, 3.05) is 0 Å². The Morgan fingerprint density at radius 2 is 1.44 bits per heavy atom. The first-order chi connectivity index (χ1) is 12.1. The molecule has 2 aromatic carbocycles. The Labute approximate surface area is 142 Å². The van der Waals surface area contributed by atoms with Crippen LogP contribution in [0.4, 0.5) is 0 Å². The lowest BCUT2D eigenvalue weighted by Crippen LogP contribution is -2.24. The molecule has 0 aliphatic heterocycles. The van der Waals surface area contributed by atoms with Crippen molar-refractivity contribution in [1.29, 1.82) is 0 Å². The number of hydrogen-bond donors (Lipinski definition) is 3. The standard InChI is InChI=1S/C18H14N4O3/c23-16-14(17(24)21-18(25)20-16)11-19-22-15(12-7-3-1-4-8-12)13-9-5-2-6-10-13/h1-11H,(H3,20,21,23,24,25). The van der Waals surface area contributed by atoms with Crippen LogP contribution in [0.2, 0.25) is 0 Å². The van der Waals surface area contributed by atoms with E-state index in [1.807, 2.05) is 65.6 Å². The fourth-order valence-corrected chi connectivity index (χ4v) is 2.22. The van der Waals surface area contributed by atoms with Gasteiger partial charge in [0.2, 0.25) is 5.88 Å². The van der Waals surface area contributed by atoms with Crippen LogP contribution in [-0.2, 0) is 0 Å². The highest BCUT2D eigenvalue weighted by atomic mass is 16.3. The second-order valence-corrected chi connectivity index (χ2v) is 5.10. The van der Waals surface area contributed by atoms with Crippen LogP contribution in [0.1, 0.15) is 16.7 Å². The van der Waals surface area contributed by atoms with Gasteiger partial charge in [-0.25, -0.2) is 4.79 Å². The molecule has 7 heteroatoms. The van der Waals surface area contributed by atoms with Crippen molar-refractivity contribution in [3.8, 4) is 5.88 Å². The smallest absolute Gasteiger partial charge is 0.328 e. The third kappa shape index (κ3) is 3.78. The SMILES string of the molecule is O=c1[nH]c(O)c(C=NN=C(c2ccccc2)c2ccccc2)c(=O)[nH]1. The molecule has 124 valence electrons. The molecule has 0 amide bonds. The molecular weight excluding hydrogens is 320 g/mol. The minimum Gasteiger partial charge on any atom is -0.494 e. The maximum Gasteiger partial charge on any atom is 0.328 e. The maximum absolute atomic E-state index is 11.7. The van der Waals surface area contributed by atoms with Gasteiger partial charge in [-0.2, -0.15) is 5.10 Å². The summed E-state index contributed by atoms with van der Waals surface area (Å²) in [5.41, 5.74) is 0.594. The molecule has 0 radical (unpaired) electrons. The number of aromatic hydroxyl groups is 1. The lowest BCUT2D eigenvalue weighted by molar-refractivity contribution is 0.447. The van der Waals surface area contributed by atoms with E-state index in [0.29, 0.717) is 5.71 Å². The molecule has 0 spiro atoms. The van der Waals surface area contributed by atoms with Crippen molar-refractivity contribution in [2.45, 2.75) is 0 Å². The Morgan fingerprint density at radius 3 is 1.96 bits per heavy atom. The monoisotopic (exact) mass is 334 g/mol. The Bertz CT molecular complexity index is 994. The highest BCUT2D eigenvalue weighted by Crippen LogP contribution is 2.11. The maximum atomic E-state index is 11.7. The van der Waals surface area contributed by atoms with Gasteiger partial charge in [-0.1, -0.05) is 60.7 Å². The third-order valence-electron chi connectivity index (χ3n) is 3.40. The molecule has 7 nitrogen and oxygen atoms in total. The molecule has 0 saturated carbocycles. The minimum absolute atomic E-state index is 0.177.